The van der Waals surface area contributed by atoms with Gasteiger partial charge in [0.25, 0.3) is 0 Å². The van der Waals surface area contributed by atoms with E-state index in [0.29, 0.717) is 11.0 Å². The summed E-state index contributed by atoms with van der Waals surface area (Å²) < 4.78 is 2.83. The minimum absolute atomic E-state index is 0.646. The van der Waals surface area contributed by atoms with Gasteiger partial charge in [0, 0.05) is 18.6 Å². The molecule has 4 aromatic rings. The van der Waals surface area contributed by atoms with E-state index in [9.17, 15) is 0 Å². The SMILES string of the molecule is Clc1ccnc2c1c(Br)c1ccnc(Nc3cccnc3)n12. The average molecular weight is 375 g/mol. The molecule has 0 aliphatic rings. The molecule has 5 nitrogen and oxygen atoms in total. The van der Waals surface area contributed by atoms with Crippen LogP contribution >= 0.6 is 27.5 Å². The second-order valence-corrected chi connectivity index (χ2v) is 5.86. The molecule has 0 amide bonds. The van der Waals surface area contributed by atoms with Gasteiger partial charge in [-0.1, -0.05) is 11.6 Å². The zero-order valence-corrected chi connectivity index (χ0v) is 13.5. The van der Waals surface area contributed by atoms with Crippen LogP contribution in [0.25, 0.3) is 16.6 Å². The largest absolute Gasteiger partial charge is 0.324 e. The Hall–Kier alpha value is -2.18. The lowest BCUT2D eigenvalue weighted by molar-refractivity contribution is 1.10. The lowest BCUT2D eigenvalue weighted by Crippen LogP contribution is -2.01. The van der Waals surface area contributed by atoms with E-state index in [-0.39, 0.29) is 0 Å². The van der Waals surface area contributed by atoms with Gasteiger partial charge in [0.2, 0.25) is 5.95 Å². The van der Waals surface area contributed by atoms with E-state index in [4.69, 9.17) is 11.6 Å². The van der Waals surface area contributed by atoms with Crippen molar-refractivity contribution in [1.82, 2.24) is 19.4 Å². The van der Waals surface area contributed by atoms with Crippen molar-refractivity contribution in [3.05, 3.63) is 58.5 Å². The minimum atomic E-state index is 0.646. The highest BCUT2D eigenvalue weighted by Gasteiger charge is 2.16. The summed E-state index contributed by atoms with van der Waals surface area (Å²) in [6.07, 6.45) is 6.89. The van der Waals surface area contributed by atoms with Gasteiger partial charge in [-0.25, -0.2) is 9.97 Å². The summed E-state index contributed by atoms with van der Waals surface area (Å²) in [5, 5.41) is 4.77. The van der Waals surface area contributed by atoms with Gasteiger partial charge in [-0.15, -0.1) is 0 Å². The van der Waals surface area contributed by atoms with Crippen LogP contribution in [0.3, 0.4) is 0 Å². The van der Waals surface area contributed by atoms with E-state index in [0.717, 1.165) is 26.7 Å². The van der Waals surface area contributed by atoms with Gasteiger partial charge in [-0.2, -0.15) is 0 Å². The van der Waals surface area contributed by atoms with Crippen molar-refractivity contribution in [2.45, 2.75) is 0 Å². The molecular formula is C15H9BrClN5. The summed E-state index contributed by atoms with van der Waals surface area (Å²) in [7, 11) is 0. The van der Waals surface area contributed by atoms with Gasteiger partial charge in [0.05, 0.1) is 32.3 Å². The fourth-order valence-corrected chi connectivity index (χ4v) is 3.44. The number of pyridine rings is 2. The molecule has 0 aliphatic heterocycles. The first-order valence-electron chi connectivity index (χ1n) is 6.52. The monoisotopic (exact) mass is 373 g/mol. The predicted octanol–water partition coefficient (Wildman–Crippen LogP) is 4.44. The number of fused-ring (bicyclic) bond motifs is 3. The van der Waals surface area contributed by atoms with E-state index >= 15 is 0 Å². The third-order valence-corrected chi connectivity index (χ3v) is 4.45. The van der Waals surface area contributed by atoms with Crippen molar-refractivity contribution in [1.29, 1.82) is 0 Å². The fraction of sp³-hybridized carbons (Fsp3) is 0. The lowest BCUT2D eigenvalue weighted by Gasteiger charge is -2.08. The molecule has 4 rings (SSSR count). The molecule has 0 aliphatic carbocycles. The first-order chi connectivity index (χ1) is 10.8. The summed E-state index contributed by atoms with van der Waals surface area (Å²) >= 11 is 9.92. The van der Waals surface area contributed by atoms with Crippen LogP contribution in [0.1, 0.15) is 0 Å². The van der Waals surface area contributed by atoms with Crippen LogP contribution in [0, 0.1) is 0 Å². The first kappa shape index (κ1) is 13.5. The Morgan fingerprint density at radius 3 is 2.77 bits per heavy atom. The summed E-state index contributed by atoms with van der Waals surface area (Å²) in [5.74, 6) is 0.649. The first-order valence-corrected chi connectivity index (χ1v) is 7.69. The minimum Gasteiger partial charge on any atom is -0.324 e. The number of hydrogen-bond donors (Lipinski definition) is 1. The van der Waals surface area contributed by atoms with Crippen molar-refractivity contribution in [3.8, 4) is 0 Å². The number of nitrogens with one attached hydrogen (secondary N) is 1. The van der Waals surface area contributed by atoms with E-state index in [1.807, 2.05) is 22.6 Å². The second kappa shape index (κ2) is 5.23. The van der Waals surface area contributed by atoms with E-state index in [1.54, 1.807) is 30.9 Å². The summed E-state index contributed by atoms with van der Waals surface area (Å²) in [5.41, 5.74) is 2.54. The Bertz CT molecular complexity index is 983. The topological polar surface area (TPSA) is 55.1 Å². The van der Waals surface area contributed by atoms with Crippen LogP contribution in [0.5, 0.6) is 0 Å². The Morgan fingerprint density at radius 2 is 1.95 bits per heavy atom. The van der Waals surface area contributed by atoms with Gasteiger partial charge < -0.3 is 5.32 Å². The fourth-order valence-electron chi connectivity index (χ4n) is 2.39. The zero-order valence-electron chi connectivity index (χ0n) is 11.2. The van der Waals surface area contributed by atoms with E-state index in [1.165, 1.54) is 0 Å². The van der Waals surface area contributed by atoms with Gasteiger partial charge >= 0.3 is 0 Å². The van der Waals surface area contributed by atoms with Crippen molar-refractivity contribution >= 4 is 55.7 Å². The molecule has 0 fully saturated rings. The van der Waals surface area contributed by atoms with Crippen molar-refractivity contribution in [2.24, 2.45) is 0 Å². The predicted molar refractivity (Wildman–Crippen MR) is 90.7 cm³/mol. The molecule has 0 unspecified atom stereocenters. The van der Waals surface area contributed by atoms with Crippen LogP contribution in [0.2, 0.25) is 5.02 Å². The number of nitrogens with zero attached hydrogens (tertiary/aromatic N) is 4. The molecule has 1 N–H and O–H groups in total. The Balaban J connectivity index is 2.02. The molecule has 108 valence electrons. The van der Waals surface area contributed by atoms with Crippen LogP contribution < -0.4 is 5.32 Å². The van der Waals surface area contributed by atoms with Crippen LogP contribution in [-0.4, -0.2) is 19.4 Å². The quantitative estimate of drug-likeness (QED) is 0.564. The number of halogens is 2. The van der Waals surface area contributed by atoms with Gasteiger partial charge in [-0.05, 0) is 40.2 Å². The van der Waals surface area contributed by atoms with E-state index in [2.05, 4.69) is 36.2 Å². The summed E-state index contributed by atoms with van der Waals surface area (Å²) in [4.78, 5) is 13.0. The number of hydrogen-bond acceptors (Lipinski definition) is 4. The molecule has 4 aromatic heterocycles. The molecule has 22 heavy (non-hydrogen) atoms. The standard InChI is InChI=1S/C15H9BrClN5/c16-13-11-4-7-20-15(21-9-2-1-5-18-8-9)22(11)14-12(13)10(17)3-6-19-14/h1-8H,(H,20,21). The highest BCUT2D eigenvalue weighted by molar-refractivity contribution is 9.10. The van der Waals surface area contributed by atoms with Crippen LogP contribution in [0.15, 0.2) is 53.5 Å². The second-order valence-electron chi connectivity index (χ2n) is 4.66. The van der Waals surface area contributed by atoms with Crippen LogP contribution in [-0.2, 0) is 0 Å². The number of rotatable bonds is 2. The number of aromatic nitrogens is 4. The Labute approximate surface area is 139 Å². The summed E-state index contributed by atoms with van der Waals surface area (Å²) in [6.45, 7) is 0. The lowest BCUT2D eigenvalue weighted by atomic mass is 10.3. The highest BCUT2D eigenvalue weighted by atomic mass is 79.9. The maximum absolute atomic E-state index is 6.31. The third-order valence-electron chi connectivity index (χ3n) is 3.34. The molecule has 0 bridgehead atoms. The average Bonchev–Trinajstić information content (AvgIpc) is 2.84. The van der Waals surface area contributed by atoms with E-state index < -0.39 is 0 Å². The van der Waals surface area contributed by atoms with Crippen molar-refractivity contribution < 1.29 is 0 Å². The molecule has 0 aromatic carbocycles. The third kappa shape index (κ3) is 2.03. The van der Waals surface area contributed by atoms with Crippen LogP contribution in [0.4, 0.5) is 11.6 Å². The maximum atomic E-state index is 6.31. The van der Waals surface area contributed by atoms with Gasteiger partial charge in [0.15, 0.2) is 0 Å². The zero-order chi connectivity index (χ0) is 15.1. The Morgan fingerprint density at radius 1 is 1.09 bits per heavy atom. The number of anilines is 2. The molecular weight excluding hydrogens is 366 g/mol. The molecule has 0 radical (unpaired) electrons. The molecule has 7 heteroatoms. The Kier molecular flexibility index (Phi) is 3.20. The maximum Gasteiger partial charge on any atom is 0.213 e. The summed E-state index contributed by atoms with van der Waals surface area (Å²) in [6, 6.07) is 7.47. The normalized spacial score (nSPS) is 11.2. The molecule has 4 heterocycles. The molecule has 0 spiro atoms. The van der Waals surface area contributed by atoms with Crippen molar-refractivity contribution in [3.63, 3.8) is 0 Å². The van der Waals surface area contributed by atoms with Gasteiger partial charge in [-0.3, -0.25) is 9.38 Å². The van der Waals surface area contributed by atoms with Gasteiger partial charge in [0.1, 0.15) is 5.65 Å². The molecule has 0 atom stereocenters. The molecule has 0 saturated heterocycles. The molecule has 0 saturated carbocycles. The smallest absolute Gasteiger partial charge is 0.213 e. The van der Waals surface area contributed by atoms with Crippen molar-refractivity contribution in [2.75, 3.05) is 5.32 Å². The highest BCUT2D eigenvalue weighted by Crippen LogP contribution is 2.36.